The molecule has 0 bridgehead atoms. The summed E-state index contributed by atoms with van der Waals surface area (Å²) in [7, 11) is -3.77. The van der Waals surface area contributed by atoms with E-state index in [1.807, 2.05) is 6.92 Å². The zero-order valence-corrected chi connectivity index (χ0v) is 15.6. The maximum absolute atomic E-state index is 12.5. The molecule has 1 aromatic rings. The molecule has 1 aromatic carbocycles. The van der Waals surface area contributed by atoms with E-state index in [4.69, 9.17) is 0 Å². The number of nitrogens with zero attached hydrogens (tertiary/aromatic N) is 1. The number of hydrogen-bond donors (Lipinski definition) is 2. The second kappa shape index (κ2) is 9.10. The van der Waals surface area contributed by atoms with Gasteiger partial charge in [0.15, 0.2) is 0 Å². The molecule has 1 rings (SSSR count). The number of nitro groups is 1. The number of rotatable bonds is 10. The van der Waals surface area contributed by atoms with Gasteiger partial charge < -0.3 is 4.90 Å². The summed E-state index contributed by atoms with van der Waals surface area (Å²) in [5, 5.41) is 10.9. The summed E-state index contributed by atoms with van der Waals surface area (Å²) in [5.41, 5.74) is 0.270. The number of non-ortho nitro benzene ring substituents is 1. The number of quaternary nitrogens is 1. The molecule has 0 heterocycles. The van der Waals surface area contributed by atoms with Gasteiger partial charge in [0.2, 0.25) is 10.0 Å². The van der Waals surface area contributed by atoms with Gasteiger partial charge >= 0.3 is 0 Å². The summed E-state index contributed by atoms with van der Waals surface area (Å²) in [5.74, 6) is 0. The molecule has 0 aromatic heterocycles. The maximum atomic E-state index is 12.5. The normalized spacial score (nSPS) is 13.2. The lowest BCUT2D eigenvalue weighted by atomic mass is 10.2. The molecule has 8 heteroatoms. The van der Waals surface area contributed by atoms with Crippen LogP contribution in [0.5, 0.6) is 0 Å². The summed E-state index contributed by atoms with van der Waals surface area (Å²) < 4.78 is 27.6. The standard InChI is InChI=1S/C16H27N3O4S/c1-5-18(6-2)11-7-8-14(4)17-24(22,23)16-12-15(19(20)21)10-9-13(16)3/h9-10,12,14,17H,5-8,11H2,1-4H3/p+1/t14-/m1/s1. The van der Waals surface area contributed by atoms with Gasteiger partial charge in [-0.25, -0.2) is 13.1 Å². The number of benzene rings is 1. The lowest BCUT2D eigenvalue weighted by Crippen LogP contribution is -3.11. The van der Waals surface area contributed by atoms with E-state index in [0.717, 1.165) is 38.5 Å². The Morgan fingerprint density at radius 3 is 2.46 bits per heavy atom. The highest BCUT2D eigenvalue weighted by molar-refractivity contribution is 7.89. The summed E-state index contributed by atoms with van der Waals surface area (Å²) >= 11 is 0. The Kier molecular flexibility index (Phi) is 7.78. The molecular formula is C16H28N3O4S+. The molecule has 136 valence electrons. The van der Waals surface area contributed by atoms with Gasteiger partial charge in [-0.15, -0.1) is 0 Å². The second-order valence-corrected chi connectivity index (χ2v) is 7.76. The van der Waals surface area contributed by atoms with Crippen molar-refractivity contribution in [2.45, 2.75) is 51.5 Å². The van der Waals surface area contributed by atoms with Crippen molar-refractivity contribution in [1.29, 1.82) is 0 Å². The van der Waals surface area contributed by atoms with Crippen molar-refractivity contribution in [2.75, 3.05) is 19.6 Å². The van der Waals surface area contributed by atoms with Crippen LogP contribution in [-0.2, 0) is 10.0 Å². The van der Waals surface area contributed by atoms with E-state index in [9.17, 15) is 18.5 Å². The molecular weight excluding hydrogens is 330 g/mol. The van der Waals surface area contributed by atoms with Crippen LogP contribution in [0.4, 0.5) is 5.69 Å². The van der Waals surface area contributed by atoms with E-state index >= 15 is 0 Å². The van der Waals surface area contributed by atoms with Crippen molar-refractivity contribution in [2.24, 2.45) is 0 Å². The van der Waals surface area contributed by atoms with Crippen LogP contribution in [0.3, 0.4) is 0 Å². The molecule has 0 fully saturated rings. The second-order valence-electron chi connectivity index (χ2n) is 6.08. The first-order valence-corrected chi connectivity index (χ1v) is 9.80. The molecule has 0 spiro atoms. The summed E-state index contributed by atoms with van der Waals surface area (Å²) in [6.07, 6.45) is 1.66. The fourth-order valence-electron chi connectivity index (χ4n) is 2.64. The van der Waals surface area contributed by atoms with E-state index in [1.54, 1.807) is 6.92 Å². The highest BCUT2D eigenvalue weighted by Gasteiger charge is 2.22. The van der Waals surface area contributed by atoms with Gasteiger partial charge in [0.25, 0.3) is 5.69 Å². The molecule has 7 nitrogen and oxygen atoms in total. The Labute approximate surface area is 144 Å². The van der Waals surface area contributed by atoms with Crippen molar-refractivity contribution < 1.29 is 18.2 Å². The van der Waals surface area contributed by atoms with Gasteiger partial charge in [0.1, 0.15) is 0 Å². The first kappa shape index (κ1) is 20.5. The minimum absolute atomic E-state index is 0.0297. The predicted molar refractivity (Wildman–Crippen MR) is 93.8 cm³/mol. The van der Waals surface area contributed by atoms with Crippen molar-refractivity contribution >= 4 is 15.7 Å². The number of nitro benzene ring substituents is 1. The van der Waals surface area contributed by atoms with Crippen LogP contribution in [-0.4, -0.2) is 39.0 Å². The number of sulfonamides is 1. The Morgan fingerprint density at radius 1 is 1.29 bits per heavy atom. The highest BCUT2D eigenvalue weighted by Crippen LogP contribution is 2.22. The average Bonchev–Trinajstić information content (AvgIpc) is 2.51. The summed E-state index contributed by atoms with van der Waals surface area (Å²) in [4.78, 5) is 11.7. The zero-order valence-electron chi connectivity index (χ0n) is 14.8. The Bertz CT molecular complexity index is 657. The minimum Gasteiger partial charge on any atom is -0.335 e. The molecule has 2 N–H and O–H groups in total. The van der Waals surface area contributed by atoms with E-state index in [-0.39, 0.29) is 16.6 Å². The molecule has 0 aliphatic heterocycles. The largest absolute Gasteiger partial charge is 0.335 e. The number of aryl methyl sites for hydroxylation is 1. The third-order valence-electron chi connectivity index (χ3n) is 4.20. The van der Waals surface area contributed by atoms with Gasteiger partial charge in [0, 0.05) is 18.2 Å². The molecule has 0 amide bonds. The van der Waals surface area contributed by atoms with Gasteiger partial charge in [-0.1, -0.05) is 6.07 Å². The highest BCUT2D eigenvalue weighted by atomic mass is 32.2. The average molecular weight is 358 g/mol. The molecule has 0 unspecified atom stereocenters. The first-order chi connectivity index (χ1) is 11.2. The van der Waals surface area contributed by atoms with Crippen molar-refractivity contribution in [3.8, 4) is 0 Å². The van der Waals surface area contributed by atoms with Crippen LogP contribution in [0, 0.1) is 17.0 Å². The van der Waals surface area contributed by atoms with Crippen molar-refractivity contribution in [3.05, 3.63) is 33.9 Å². The molecule has 0 saturated carbocycles. The zero-order chi connectivity index (χ0) is 18.3. The fraction of sp³-hybridized carbons (Fsp3) is 0.625. The SMILES string of the molecule is CC[NH+](CC)CCC[C@@H](C)NS(=O)(=O)c1cc([N+](=O)[O-])ccc1C. The van der Waals surface area contributed by atoms with Crippen LogP contribution >= 0.6 is 0 Å². The molecule has 0 aliphatic carbocycles. The van der Waals surface area contributed by atoms with Gasteiger partial charge in [0.05, 0.1) is 29.5 Å². The monoisotopic (exact) mass is 358 g/mol. The third kappa shape index (κ3) is 5.85. The van der Waals surface area contributed by atoms with Crippen molar-refractivity contribution in [1.82, 2.24) is 4.72 Å². The Hall–Kier alpha value is -1.51. The van der Waals surface area contributed by atoms with Gasteiger partial charge in [-0.2, -0.15) is 0 Å². The first-order valence-electron chi connectivity index (χ1n) is 8.32. The van der Waals surface area contributed by atoms with Gasteiger partial charge in [-0.3, -0.25) is 10.1 Å². The van der Waals surface area contributed by atoms with E-state index in [1.165, 1.54) is 17.0 Å². The van der Waals surface area contributed by atoms with E-state index in [2.05, 4.69) is 18.6 Å². The lowest BCUT2D eigenvalue weighted by Gasteiger charge is -2.18. The summed E-state index contributed by atoms with van der Waals surface area (Å²) in [6.45, 7) is 10.8. The molecule has 0 aliphatic rings. The van der Waals surface area contributed by atoms with Crippen LogP contribution < -0.4 is 9.62 Å². The van der Waals surface area contributed by atoms with Crippen molar-refractivity contribution in [3.63, 3.8) is 0 Å². The minimum atomic E-state index is -3.77. The smallest absolute Gasteiger partial charge is 0.270 e. The third-order valence-corrected chi connectivity index (χ3v) is 5.93. The number of hydrogen-bond acceptors (Lipinski definition) is 4. The van der Waals surface area contributed by atoms with Crippen LogP contribution in [0.2, 0.25) is 0 Å². The predicted octanol–water partition coefficient (Wildman–Crippen LogP) is 1.27. The molecule has 0 saturated heterocycles. The summed E-state index contributed by atoms with van der Waals surface area (Å²) in [6, 6.07) is 3.67. The van der Waals surface area contributed by atoms with Crippen LogP contribution in [0.1, 0.15) is 39.2 Å². The maximum Gasteiger partial charge on any atom is 0.270 e. The topological polar surface area (TPSA) is 93.8 Å². The van der Waals surface area contributed by atoms with E-state index in [0.29, 0.717) is 5.56 Å². The lowest BCUT2D eigenvalue weighted by molar-refractivity contribution is -0.896. The molecule has 24 heavy (non-hydrogen) atoms. The Morgan fingerprint density at radius 2 is 1.92 bits per heavy atom. The Balaban J connectivity index is 2.75. The van der Waals surface area contributed by atoms with E-state index < -0.39 is 14.9 Å². The number of nitrogens with one attached hydrogen (secondary N) is 2. The van der Waals surface area contributed by atoms with Crippen LogP contribution in [0.25, 0.3) is 0 Å². The fourth-order valence-corrected chi connectivity index (χ4v) is 4.18. The van der Waals surface area contributed by atoms with Gasteiger partial charge in [-0.05, 0) is 46.1 Å². The molecule has 1 atom stereocenters. The van der Waals surface area contributed by atoms with Crippen LogP contribution in [0.15, 0.2) is 23.1 Å². The molecule has 0 radical (unpaired) electrons. The quantitative estimate of drug-likeness (QED) is 0.487.